The third kappa shape index (κ3) is 6.84. The molecule has 2 bridgehead atoms. The van der Waals surface area contributed by atoms with Gasteiger partial charge in [-0.2, -0.15) is 0 Å². The lowest BCUT2D eigenvalue weighted by Crippen LogP contribution is -2.49. The van der Waals surface area contributed by atoms with Crippen molar-refractivity contribution in [3.05, 3.63) is 70.3 Å². The van der Waals surface area contributed by atoms with Crippen molar-refractivity contribution in [1.29, 1.82) is 0 Å². The molecule has 2 heterocycles. The van der Waals surface area contributed by atoms with Crippen LogP contribution in [0.1, 0.15) is 73.9 Å². The van der Waals surface area contributed by atoms with E-state index in [1.165, 1.54) is 11.1 Å². The van der Waals surface area contributed by atoms with Crippen molar-refractivity contribution in [3.8, 4) is 5.75 Å². The summed E-state index contributed by atoms with van der Waals surface area (Å²) >= 11 is 6.44. The number of carbonyl (C=O) groups excluding carboxylic acids is 1. The Morgan fingerprint density at radius 1 is 1.13 bits per heavy atom. The second-order valence-electron chi connectivity index (χ2n) is 13.8. The minimum absolute atomic E-state index is 0.0668. The minimum Gasteiger partial charge on any atom is -0.490 e. The second-order valence-corrected chi connectivity index (χ2v) is 16.3. The summed E-state index contributed by atoms with van der Waals surface area (Å²) in [6, 6.07) is 11.5. The van der Waals surface area contributed by atoms with Gasteiger partial charge in [0.2, 0.25) is 10.0 Å². The van der Waals surface area contributed by atoms with E-state index in [9.17, 15) is 13.2 Å². The number of fused-ring (bicyclic) bond motifs is 4. The quantitative estimate of drug-likeness (QED) is 0.295. The van der Waals surface area contributed by atoms with Gasteiger partial charge in [-0.3, -0.25) is 4.79 Å². The van der Waals surface area contributed by atoms with Crippen LogP contribution in [0.4, 0.5) is 5.69 Å². The third-order valence-corrected chi connectivity index (χ3v) is 13.0. The monoisotopic (exact) mass is 670 g/mol. The molecule has 2 aliphatic carbocycles. The lowest BCUT2D eigenvalue weighted by atomic mass is 9.68. The Morgan fingerprint density at radius 3 is 2.76 bits per heavy atom. The number of carbonyl (C=O) groups is 1. The maximum atomic E-state index is 13.5. The Bertz CT molecular complexity index is 1560. The molecule has 2 aromatic carbocycles. The molecule has 4 aliphatic rings. The van der Waals surface area contributed by atoms with Crippen LogP contribution in [0.15, 0.2) is 48.6 Å². The third-order valence-electron chi connectivity index (χ3n) is 10.8. The fraction of sp³-hybridized carbons (Fsp3) is 0.583. The molecule has 1 saturated carbocycles. The maximum Gasteiger partial charge on any atom is 0.264 e. The molecule has 0 saturated heterocycles. The van der Waals surface area contributed by atoms with Crippen molar-refractivity contribution in [3.63, 3.8) is 0 Å². The van der Waals surface area contributed by atoms with Crippen LogP contribution in [0.5, 0.6) is 5.75 Å². The standard InChI is InChI=1S/C36H47ClN2O6S/c1-24-7-4-9-33(44-18-6-17-43-3)30-13-10-28(30)21-39-22-36(16-5-8-26-19-29(37)12-14-31(26)36)23-45-34-15-11-27(20-32(34)39)35(40)38-46(41,42)25(24)2/h4,9,11-12,14-15,19-20,24-25,28,30,33H,5-8,10,13,16-18,21-23H2,1-3H3,(H,38,40)/b9-4-/t24-,25+,28-,30+,33-,36-/m0/s1. The van der Waals surface area contributed by atoms with E-state index in [2.05, 4.69) is 33.9 Å². The van der Waals surface area contributed by atoms with Crippen LogP contribution in [-0.2, 0) is 31.3 Å². The fourth-order valence-corrected chi connectivity index (χ4v) is 9.22. The van der Waals surface area contributed by atoms with E-state index in [0.29, 0.717) is 49.4 Å². The van der Waals surface area contributed by atoms with Crippen LogP contribution in [-0.4, -0.2) is 65.7 Å². The predicted octanol–water partition coefficient (Wildman–Crippen LogP) is 6.31. The molecule has 8 nitrogen and oxygen atoms in total. The van der Waals surface area contributed by atoms with E-state index >= 15 is 0 Å². The summed E-state index contributed by atoms with van der Waals surface area (Å²) in [6.07, 6.45) is 10.7. The highest BCUT2D eigenvalue weighted by molar-refractivity contribution is 7.90. The smallest absolute Gasteiger partial charge is 0.264 e. The zero-order valence-corrected chi connectivity index (χ0v) is 28.7. The number of allylic oxidation sites excluding steroid dienone is 1. The topological polar surface area (TPSA) is 94.2 Å². The molecule has 1 N–H and O–H groups in total. The highest BCUT2D eigenvalue weighted by atomic mass is 35.5. The van der Waals surface area contributed by atoms with E-state index in [4.69, 9.17) is 25.8 Å². The Balaban J connectivity index is 1.40. The molecular weight excluding hydrogens is 624 g/mol. The van der Waals surface area contributed by atoms with Crippen LogP contribution < -0.4 is 14.4 Å². The van der Waals surface area contributed by atoms with E-state index in [1.807, 2.05) is 25.1 Å². The molecule has 2 aromatic rings. The summed E-state index contributed by atoms with van der Waals surface area (Å²) in [5, 5.41) is -0.0122. The summed E-state index contributed by atoms with van der Waals surface area (Å²) in [7, 11) is -2.21. The molecule has 10 heteroatoms. The van der Waals surface area contributed by atoms with Gasteiger partial charge in [0.15, 0.2) is 0 Å². The number of rotatable bonds is 5. The van der Waals surface area contributed by atoms with Crippen LogP contribution in [0.25, 0.3) is 0 Å². The van der Waals surface area contributed by atoms with Crippen molar-refractivity contribution in [2.24, 2.45) is 17.8 Å². The largest absolute Gasteiger partial charge is 0.490 e. The number of sulfonamides is 1. The van der Waals surface area contributed by atoms with Gasteiger partial charge >= 0.3 is 0 Å². The van der Waals surface area contributed by atoms with Crippen molar-refractivity contribution in [2.45, 2.75) is 75.6 Å². The Kier molecular flexibility index (Phi) is 10.0. The van der Waals surface area contributed by atoms with Crippen LogP contribution in [0, 0.1) is 17.8 Å². The number of nitrogens with one attached hydrogen (secondary N) is 1. The number of ether oxygens (including phenoxy) is 3. The lowest BCUT2D eigenvalue weighted by molar-refractivity contribution is -0.0195. The van der Waals surface area contributed by atoms with E-state index in [1.54, 1.807) is 20.1 Å². The van der Waals surface area contributed by atoms with E-state index < -0.39 is 21.2 Å². The first-order chi connectivity index (χ1) is 22.1. The average Bonchev–Trinajstić information content (AvgIpc) is 3.16. The lowest BCUT2D eigenvalue weighted by Gasteiger charge is -2.46. The first-order valence-electron chi connectivity index (χ1n) is 16.7. The van der Waals surface area contributed by atoms with Gasteiger partial charge in [0, 0.05) is 49.4 Å². The van der Waals surface area contributed by atoms with Gasteiger partial charge in [0.25, 0.3) is 5.91 Å². The number of nitrogens with zero attached hydrogens (tertiary/aromatic N) is 1. The molecule has 0 aromatic heterocycles. The van der Waals surface area contributed by atoms with Gasteiger partial charge in [-0.15, -0.1) is 0 Å². The van der Waals surface area contributed by atoms with E-state index in [-0.39, 0.29) is 17.4 Å². The molecule has 250 valence electrons. The van der Waals surface area contributed by atoms with Crippen molar-refractivity contribution >= 4 is 33.2 Å². The molecule has 0 unspecified atom stereocenters. The number of aryl methyl sites for hydroxylation is 1. The van der Waals surface area contributed by atoms with Crippen LogP contribution >= 0.6 is 11.6 Å². The first-order valence-corrected chi connectivity index (χ1v) is 18.7. The van der Waals surface area contributed by atoms with Crippen molar-refractivity contribution in [2.75, 3.05) is 44.9 Å². The molecule has 1 spiro atoms. The number of amides is 1. The number of hydrogen-bond donors (Lipinski definition) is 1. The Morgan fingerprint density at radius 2 is 1.98 bits per heavy atom. The molecule has 6 rings (SSSR count). The predicted molar refractivity (Wildman–Crippen MR) is 181 cm³/mol. The number of anilines is 1. The van der Waals surface area contributed by atoms with Gasteiger partial charge in [-0.1, -0.05) is 36.7 Å². The summed E-state index contributed by atoms with van der Waals surface area (Å²) in [6.45, 7) is 6.85. The molecule has 2 aliphatic heterocycles. The summed E-state index contributed by atoms with van der Waals surface area (Å²) < 4.78 is 47.4. The number of methoxy groups -OCH3 is 1. The second kappa shape index (κ2) is 13.9. The van der Waals surface area contributed by atoms with E-state index in [0.717, 1.165) is 62.3 Å². The molecule has 1 amide bonds. The van der Waals surface area contributed by atoms with Gasteiger partial charge in [0.05, 0.1) is 23.6 Å². The zero-order valence-electron chi connectivity index (χ0n) is 27.2. The molecular formula is C36H47ClN2O6S. The van der Waals surface area contributed by atoms with Crippen molar-refractivity contribution < 1.29 is 27.4 Å². The molecule has 1 fully saturated rings. The summed E-state index contributed by atoms with van der Waals surface area (Å²) in [4.78, 5) is 15.9. The Hall–Kier alpha value is -2.59. The van der Waals surface area contributed by atoms with Gasteiger partial charge < -0.3 is 19.1 Å². The number of halogens is 1. The SMILES string of the molecule is COCCCO[C@H]1/C=C\C[C@H](C)[C@@H](C)S(=O)(=O)NC(=O)c2ccc3c(c2)N(C[C@@H]2CC[C@H]21)C[C@@]1(CCCc2cc(Cl)ccc21)CO3. The van der Waals surface area contributed by atoms with Crippen LogP contribution in [0.3, 0.4) is 0 Å². The Labute approximate surface area is 278 Å². The maximum absolute atomic E-state index is 13.5. The average molecular weight is 671 g/mol. The van der Waals surface area contributed by atoms with Gasteiger partial charge in [-0.25, -0.2) is 13.1 Å². The minimum atomic E-state index is -3.91. The van der Waals surface area contributed by atoms with Crippen LogP contribution in [0.2, 0.25) is 5.02 Å². The first kappa shape index (κ1) is 33.3. The molecule has 0 radical (unpaired) electrons. The highest BCUT2D eigenvalue weighted by Gasteiger charge is 2.44. The fourth-order valence-electron chi connectivity index (χ4n) is 7.74. The van der Waals surface area contributed by atoms with Gasteiger partial charge in [0.1, 0.15) is 5.75 Å². The number of hydrogen-bond acceptors (Lipinski definition) is 7. The summed E-state index contributed by atoms with van der Waals surface area (Å²) in [5.41, 5.74) is 3.44. The summed E-state index contributed by atoms with van der Waals surface area (Å²) in [5.74, 6) is 0.614. The molecule has 6 atom stereocenters. The van der Waals surface area contributed by atoms with Gasteiger partial charge in [-0.05, 0) is 111 Å². The van der Waals surface area contributed by atoms with Crippen molar-refractivity contribution in [1.82, 2.24) is 4.72 Å². The highest BCUT2D eigenvalue weighted by Crippen LogP contribution is 2.47. The molecule has 46 heavy (non-hydrogen) atoms. The number of benzene rings is 2. The zero-order chi connectivity index (χ0) is 32.5. The normalized spacial score (nSPS) is 31.4.